The first-order valence-corrected chi connectivity index (χ1v) is 9.68. The van der Waals surface area contributed by atoms with Crippen molar-refractivity contribution < 1.29 is 8.42 Å². The normalized spacial score (nSPS) is 21.2. The lowest BCUT2D eigenvalue weighted by molar-refractivity contribution is 0.404. The Morgan fingerprint density at radius 1 is 1.26 bits per heavy atom. The highest BCUT2D eigenvalue weighted by atomic mass is 32.2. The summed E-state index contributed by atoms with van der Waals surface area (Å²) in [6.07, 6.45) is 6.42. The van der Waals surface area contributed by atoms with Gasteiger partial charge in [-0.05, 0) is 43.7 Å². The number of aromatic amines is 1. The minimum atomic E-state index is -3.55. The quantitative estimate of drug-likeness (QED) is 0.904. The first kappa shape index (κ1) is 14.9. The van der Waals surface area contributed by atoms with Crippen LogP contribution in [0.5, 0.6) is 0 Å². The molecule has 1 aromatic carbocycles. The fraction of sp³-hybridized carbons (Fsp3) is 0.471. The van der Waals surface area contributed by atoms with Crippen LogP contribution in [0, 0.1) is 6.92 Å². The molecule has 6 heteroatoms. The fourth-order valence-electron chi connectivity index (χ4n) is 3.61. The highest BCUT2D eigenvalue weighted by molar-refractivity contribution is 7.89. The SMILES string of the molecule is Cc1ccc2c(c1)CCC2NS(=O)(=O)c1cn[nH]c1C1CCC1. The maximum Gasteiger partial charge on any atom is 0.244 e. The van der Waals surface area contributed by atoms with Gasteiger partial charge in [0.05, 0.1) is 11.9 Å². The van der Waals surface area contributed by atoms with E-state index in [1.54, 1.807) is 0 Å². The molecule has 122 valence electrons. The second-order valence-electron chi connectivity index (χ2n) is 6.69. The number of aromatic nitrogens is 2. The minimum Gasteiger partial charge on any atom is -0.281 e. The number of benzene rings is 1. The van der Waals surface area contributed by atoms with Gasteiger partial charge in [0.1, 0.15) is 4.90 Å². The summed E-state index contributed by atoms with van der Waals surface area (Å²) in [6, 6.07) is 6.11. The van der Waals surface area contributed by atoms with Crippen LogP contribution < -0.4 is 4.72 Å². The van der Waals surface area contributed by atoms with Crippen molar-refractivity contribution in [1.29, 1.82) is 0 Å². The lowest BCUT2D eigenvalue weighted by Crippen LogP contribution is -2.28. The van der Waals surface area contributed by atoms with E-state index in [4.69, 9.17) is 0 Å². The number of nitrogens with zero attached hydrogens (tertiary/aromatic N) is 1. The second kappa shape index (κ2) is 5.46. The lowest BCUT2D eigenvalue weighted by atomic mass is 9.83. The van der Waals surface area contributed by atoms with Crippen molar-refractivity contribution in [3.8, 4) is 0 Å². The van der Waals surface area contributed by atoms with Crippen LogP contribution in [-0.4, -0.2) is 18.6 Å². The van der Waals surface area contributed by atoms with Crippen molar-refractivity contribution in [2.75, 3.05) is 0 Å². The zero-order chi connectivity index (χ0) is 16.0. The van der Waals surface area contributed by atoms with Gasteiger partial charge in [-0.15, -0.1) is 0 Å². The topological polar surface area (TPSA) is 74.8 Å². The number of H-pyrrole nitrogens is 1. The third-order valence-corrected chi connectivity index (χ3v) is 6.61. The van der Waals surface area contributed by atoms with E-state index in [9.17, 15) is 8.42 Å². The molecule has 0 radical (unpaired) electrons. The molecule has 4 rings (SSSR count). The number of nitrogens with one attached hydrogen (secondary N) is 2. The highest BCUT2D eigenvalue weighted by Crippen LogP contribution is 2.39. The monoisotopic (exact) mass is 331 g/mol. The third-order valence-electron chi connectivity index (χ3n) is 5.11. The van der Waals surface area contributed by atoms with Crippen LogP contribution in [0.1, 0.15) is 60.0 Å². The standard InChI is InChI=1S/C17H21N3O2S/c1-11-5-7-14-13(9-11)6-8-15(14)20-23(21,22)16-10-18-19-17(16)12-3-2-4-12/h5,7,9-10,12,15,20H,2-4,6,8H2,1H3,(H,18,19). The Morgan fingerprint density at radius 2 is 2.09 bits per heavy atom. The van der Waals surface area contributed by atoms with Crippen LogP contribution in [0.15, 0.2) is 29.3 Å². The first-order valence-electron chi connectivity index (χ1n) is 8.19. The minimum absolute atomic E-state index is 0.139. The fourth-order valence-corrected chi connectivity index (χ4v) is 5.05. The number of hydrogen-bond acceptors (Lipinski definition) is 3. The number of aryl methyl sites for hydroxylation is 2. The van der Waals surface area contributed by atoms with E-state index < -0.39 is 10.0 Å². The van der Waals surface area contributed by atoms with Gasteiger partial charge in [0, 0.05) is 12.0 Å². The smallest absolute Gasteiger partial charge is 0.244 e. The molecule has 2 aliphatic carbocycles. The van der Waals surface area contributed by atoms with Gasteiger partial charge < -0.3 is 0 Å². The van der Waals surface area contributed by atoms with Crippen molar-refractivity contribution in [3.63, 3.8) is 0 Å². The zero-order valence-corrected chi connectivity index (χ0v) is 14.0. The van der Waals surface area contributed by atoms with Gasteiger partial charge in [0.25, 0.3) is 0 Å². The zero-order valence-electron chi connectivity index (χ0n) is 13.2. The second-order valence-corrected chi connectivity index (χ2v) is 8.37. The molecule has 1 aromatic heterocycles. The summed E-state index contributed by atoms with van der Waals surface area (Å²) in [5, 5.41) is 6.87. The largest absolute Gasteiger partial charge is 0.281 e. The van der Waals surface area contributed by atoms with Crippen molar-refractivity contribution in [2.24, 2.45) is 0 Å². The summed E-state index contributed by atoms with van der Waals surface area (Å²) in [7, 11) is -3.55. The van der Waals surface area contributed by atoms with E-state index in [1.807, 2.05) is 12.1 Å². The van der Waals surface area contributed by atoms with E-state index in [0.717, 1.165) is 43.4 Å². The molecule has 0 spiro atoms. The molecule has 0 aliphatic heterocycles. The van der Waals surface area contributed by atoms with Crippen LogP contribution in [0.2, 0.25) is 0 Å². The summed E-state index contributed by atoms with van der Waals surface area (Å²) < 4.78 is 28.5. The van der Waals surface area contributed by atoms with Crippen LogP contribution in [0.25, 0.3) is 0 Å². The Bertz CT molecular complexity index is 837. The average Bonchev–Trinajstić information content (AvgIpc) is 3.04. The van der Waals surface area contributed by atoms with Crippen molar-refractivity contribution in [3.05, 3.63) is 46.8 Å². The number of rotatable bonds is 4. The van der Waals surface area contributed by atoms with E-state index in [0.29, 0.717) is 10.8 Å². The van der Waals surface area contributed by atoms with Gasteiger partial charge in [-0.2, -0.15) is 5.10 Å². The number of fused-ring (bicyclic) bond motifs is 1. The van der Waals surface area contributed by atoms with Crippen molar-refractivity contribution in [1.82, 2.24) is 14.9 Å². The van der Waals surface area contributed by atoms with E-state index in [1.165, 1.54) is 17.3 Å². The van der Waals surface area contributed by atoms with Crippen molar-refractivity contribution >= 4 is 10.0 Å². The molecule has 1 fully saturated rings. The van der Waals surface area contributed by atoms with Gasteiger partial charge in [-0.25, -0.2) is 13.1 Å². The number of hydrogen-bond donors (Lipinski definition) is 2. The Morgan fingerprint density at radius 3 is 2.83 bits per heavy atom. The predicted octanol–water partition coefficient (Wildman–Crippen LogP) is 2.95. The molecule has 1 atom stereocenters. The molecule has 5 nitrogen and oxygen atoms in total. The van der Waals surface area contributed by atoms with Gasteiger partial charge >= 0.3 is 0 Å². The first-order chi connectivity index (χ1) is 11.0. The summed E-state index contributed by atoms with van der Waals surface area (Å²) in [5.74, 6) is 0.308. The van der Waals surface area contributed by atoms with Crippen LogP contribution in [-0.2, 0) is 16.4 Å². The molecule has 23 heavy (non-hydrogen) atoms. The molecule has 0 saturated heterocycles. The van der Waals surface area contributed by atoms with Gasteiger partial charge in [-0.3, -0.25) is 5.10 Å². The maximum absolute atomic E-state index is 12.8. The van der Waals surface area contributed by atoms with E-state index in [-0.39, 0.29) is 6.04 Å². The molecule has 0 bridgehead atoms. The summed E-state index contributed by atoms with van der Waals surface area (Å²) >= 11 is 0. The number of sulfonamides is 1. The summed E-state index contributed by atoms with van der Waals surface area (Å²) in [4.78, 5) is 0.322. The molecular formula is C17H21N3O2S. The van der Waals surface area contributed by atoms with Gasteiger partial charge in [0.2, 0.25) is 10.0 Å². The Kier molecular flexibility index (Phi) is 3.54. The molecule has 2 N–H and O–H groups in total. The molecule has 2 aliphatic rings. The molecule has 1 unspecified atom stereocenters. The molecule has 1 heterocycles. The summed E-state index contributed by atoms with van der Waals surface area (Å²) in [5.41, 5.74) is 4.34. The highest BCUT2D eigenvalue weighted by Gasteiger charge is 2.32. The molecular weight excluding hydrogens is 310 g/mol. The molecule has 1 saturated carbocycles. The maximum atomic E-state index is 12.8. The molecule has 2 aromatic rings. The van der Waals surface area contributed by atoms with Gasteiger partial charge in [0.15, 0.2) is 0 Å². The Balaban J connectivity index is 1.61. The summed E-state index contributed by atoms with van der Waals surface area (Å²) in [6.45, 7) is 2.06. The predicted molar refractivity (Wildman–Crippen MR) is 87.7 cm³/mol. The van der Waals surface area contributed by atoms with Crippen LogP contribution in [0.4, 0.5) is 0 Å². The Hall–Kier alpha value is -1.66. The van der Waals surface area contributed by atoms with Crippen molar-refractivity contribution in [2.45, 2.75) is 55.9 Å². The van der Waals surface area contributed by atoms with Crippen LogP contribution in [0.3, 0.4) is 0 Å². The lowest BCUT2D eigenvalue weighted by Gasteiger charge is -2.25. The van der Waals surface area contributed by atoms with Crippen LogP contribution >= 0.6 is 0 Å². The van der Waals surface area contributed by atoms with E-state index >= 15 is 0 Å². The average molecular weight is 331 g/mol. The van der Waals surface area contributed by atoms with Gasteiger partial charge in [-0.1, -0.05) is 30.2 Å². The van der Waals surface area contributed by atoms with E-state index in [2.05, 4.69) is 27.9 Å². The third kappa shape index (κ3) is 2.60. The Labute approximate surface area is 136 Å². The molecule has 0 amide bonds.